The van der Waals surface area contributed by atoms with Gasteiger partial charge >= 0.3 is 0 Å². The Morgan fingerprint density at radius 2 is 2.31 bits per heavy atom. The highest BCUT2D eigenvalue weighted by Gasteiger charge is 2.24. The first-order valence-corrected chi connectivity index (χ1v) is 4.86. The highest BCUT2D eigenvalue weighted by atomic mass is 32.2. The summed E-state index contributed by atoms with van der Waals surface area (Å²) in [7, 11) is -4.22. The molecular weight excluding hydrogens is 196 g/mol. The summed E-state index contributed by atoms with van der Waals surface area (Å²) in [4.78, 5) is 0. The Kier molecular flexibility index (Phi) is 2.86. The van der Waals surface area contributed by atoms with Gasteiger partial charge in [-0.3, -0.25) is 4.55 Å². The summed E-state index contributed by atoms with van der Waals surface area (Å²) in [5.74, 6) is 0. The molecular formula is C5H8N4O3S. The Hall–Kier alpha value is -1.12. The molecule has 3 N–H and O–H groups in total. The predicted octanol–water partition coefficient (Wildman–Crippen LogP) is -1.24. The third kappa shape index (κ3) is 2.41. The van der Waals surface area contributed by atoms with E-state index < -0.39 is 15.4 Å². The molecule has 0 saturated heterocycles. The summed E-state index contributed by atoms with van der Waals surface area (Å²) < 4.78 is 30.2. The third-order valence-corrected chi connectivity index (χ3v) is 2.58. The van der Waals surface area contributed by atoms with Crippen LogP contribution >= 0.6 is 0 Å². The minimum Gasteiger partial charge on any atom is -0.329 e. The molecule has 1 heterocycles. The predicted molar refractivity (Wildman–Crippen MR) is 43.2 cm³/mol. The van der Waals surface area contributed by atoms with Crippen molar-refractivity contribution >= 4 is 10.1 Å². The third-order valence-electron chi connectivity index (χ3n) is 1.43. The van der Waals surface area contributed by atoms with Gasteiger partial charge in [0.05, 0.1) is 11.9 Å². The van der Waals surface area contributed by atoms with Crippen LogP contribution in [0.3, 0.4) is 0 Å². The van der Waals surface area contributed by atoms with Gasteiger partial charge in [-0.2, -0.15) is 8.42 Å². The molecule has 0 amide bonds. The van der Waals surface area contributed by atoms with Crippen molar-refractivity contribution < 1.29 is 13.0 Å². The van der Waals surface area contributed by atoms with Crippen molar-refractivity contribution in [2.75, 3.05) is 6.54 Å². The molecule has 0 aromatic carbocycles. The molecule has 1 aromatic heterocycles. The van der Waals surface area contributed by atoms with Crippen molar-refractivity contribution in [1.82, 2.24) is 15.4 Å². The number of aromatic nitrogens is 3. The molecule has 0 bridgehead atoms. The maximum Gasteiger partial charge on any atom is 0.274 e. The van der Waals surface area contributed by atoms with E-state index in [0.29, 0.717) is 0 Å². The normalized spacial score (nSPS) is 14.0. The first-order valence-electron chi connectivity index (χ1n) is 3.36. The Balaban J connectivity index is 3.06. The smallest absolute Gasteiger partial charge is 0.274 e. The minimum atomic E-state index is -4.22. The van der Waals surface area contributed by atoms with Crippen LogP contribution in [0.4, 0.5) is 0 Å². The molecule has 1 unspecified atom stereocenters. The van der Waals surface area contributed by atoms with Gasteiger partial charge in [-0.05, 0) is 11.3 Å². The van der Waals surface area contributed by atoms with Crippen LogP contribution in [0.5, 0.6) is 0 Å². The monoisotopic (exact) mass is 204 g/mol. The van der Waals surface area contributed by atoms with E-state index in [1.54, 1.807) is 0 Å². The molecule has 0 radical (unpaired) electrons. The lowest BCUT2D eigenvalue weighted by atomic mass is 10.3. The van der Waals surface area contributed by atoms with Gasteiger partial charge in [0.15, 0.2) is 0 Å². The number of hydrogen-bond donors (Lipinski definition) is 2. The molecule has 13 heavy (non-hydrogen) atoms. The maximum atomic E-state index is 10.8. The molecule has 0 fully saturated rings. The van der Waals surface area contributed by atoms with E-state index >= 15 is 0 Å². The van der Waals surface area contributed by atoms with Gasteiger partial charge < -0.3 is 5.73 Å². The molecule has 7 nitrogen and oxygen atoms in total. The average Bonchev–Trinajstić information content (AvgIpc) is 2.05. The van der Waals surface area contributed by atoms with Gasteiger partial charge in [-0.15, -0.1) is 10.2 Å². The molecule has 0 saturated carbocycles. The summed E-state index contributed by atoms with van der Waals surface area (Å²) in [5.41, 5.74) is 5.25. The topological polar surface area (TPSA) is 119 Å². The quantitative estimate of drug-likeness (QED) is 0.591. The van der Waals surface area contributed by atoms with E-state index in [1.165, 1.54) is 12.3 Å². The van der Waals surface area contributed by atoms with Crippen molar-refractivity contribution in [1.29, 1.82) is 0 Å². The van der Waals surface area contributed by atoms with Crippen molar-refractivity contribution in [2.45, 2.75) is 5.25 Å². The molecule has 1 atom stereocenters. The summed E-state index contributed by atoms with van der Waals surface area (Å²) >= 11 is 0. The van der Waals surface area contributed by atoms with Gasteiger partial charge in [0.2, 0.25) is 0 Å². The van der Waals surface area contributed by atoms with E-state index in [-0.39, 0.29) is 12.2 Å². The fourth-order valence-electron chi connectivity index (χ4n) is 0.817. The lowest BCUT2D eigenvalue weighted by Crippen LogP contribution is -2.22. The van der Waals surface area contributed by atoms with Crippen molar-refractivity contribution in [3.63, 3.8) is 0 Å². The van der Waals surface area contributed by atoms with Gasteiger partial charge in [0, 0.05) is 6.54 Å². The van der Waals surface area contributed by atoms with Crippen molar-refractivity contribution in [2.24, 2.45) is 5.73 Å². The SMILES string of the molecule is NCC(c1ccnnn1)S(=O)(=O)O. The van der Waals surface area contributed by atoms with E-state index in [1.807, 2.05) is 0 Å². The van der Waals surface area contributed by atoms with Crippen LogP contribution in [0.1, 0.15) is 10.9 Å². The molecule has 0 spiro atoms. The molecule has 0 aliphatic heterocycles. The molecule has 1 aromatic rings. The second-order valence-corrected chi connectivity index (χ2v) is 3.88. The number of nitrogens with two attached hydrogens (primary N) is 1. The van der Waals surface area contributed by atoms with Gasteiger partial charge in [0.25, 0.3) is 10.1 Å². The fraction of sp³-hybridized carbons (Fsp3) is 0.400. The first-order chi connectivity index (χ1) is 6.05. The molecule has 1 rings (SSSR count). The van der Waals surface area contributed by atoms with Crippen LogP contribution in [-0.2, 0) is 10.1 Å². The minimum absolute atomic E-state index is 0.0833. The average molecular weight is 204 g/mol. The fourth-order valence-corrected chi connectivity index (χ4v) is 1.49. The van der Waals surface area contributed by atoms with Crippen LogP contribution in [-0.4, -0.2) is 34.9 Å². The van der Waals surface area contributed by atoms with Crippen LogP contribution in [0.15, 0.2) is 12.3 Å². The van der Waals surface area contributed by atoms with E-state index in [9.17, 15) is 8.42 Å². The standard InChI is InChI=1S/C5H8N4O3S/c6-3-5(13(10,11)12)4-1-2-7-9-8-4/h1-2,5H,3,6H2,(H,10,11,12). The number of hydrogen-bond acceptors (Lipinski definition) is 6. The highest BCUT2D eigenvalue weighted by Crippen LogP contribution is 2.15. The van der Waals surface area contributed by atoms with Gasteiger partial charge in [-0.1, -0.05) is 0 Å². The van der Waals surface area contributed by atoms with Crippen LogP contribution in [0, 0.1) is 0 Å². The first kappa shape index (κ1) is 9.96. The molecule has 72 valence electrons. The summed E-state index contributed by atoms with van der Waals surface area (Å²) in [6.45, 7) is -0.252. The largest absolute Gasteiger partial charge is 0.329 e. The van der Waals surface area contributed by atoms with Gasteiger partial charge in [-0.25, -0.2) is 0 Å². The van der Waals surface area contributed by atoms with E-state index in [2.05, 4.69) is 15.4 Å². The zero-order valence-electron chi connectivity index (χ0n) is 6.53. The zero-order chi connectivity index (χ0) is 9.90. The Labute approximate surface area is 74.7 Å². The second-order valence-electron chi connectivity index (χ2n) is 2.28. The Morgan fingerprint density at radius 3 is 2.69 bits per heavy atom. The van der Waals surface area contributed by atoms with Crippen LogP contribution < -0.4 is 5.73 Å². The second kappa shape index (κ2) is 3.73. The lowest BCUT2D eigenvalue weighted by molar-refractivity contribution is 0.467. The van der Waals surface area contributed by atoms with Crippen molar-refractivity contribution in [3.8, 4) is 0 Å². The Bertz CT molecular complexity index is 365. The number of rotatable bonds is 3. The lowest BCUT2D eigenvalue weighted by Gasteiger charge is -2.08. The molecule has 0 aliphatic carbocycles. The van der Waals surface area contributed by atoms with Gasteiger partial charge in [0.1, 0.15) is 5.25 Å². The van der Waals surface area contributed by atoms with Crippen LogP contribution in [0.25, 0.3) is 0 Å². The maximum absolute atomic E-state index is 10.8. The van der Waals surface area contributed by atoms with E-state index in [0.717, 1.165) is 0 Å². The zero-order valence-corrected chi connectivity index (χ0v) is 7.35. The van der Waals surface area contributed by atoms with Crippen LogP contribution in [0.2, 0.25) is 0 Å². The highest BCUT2D eigenvalue weighted by molar-refractivity contribution is 7.86. The van der Waals surface area contributed by atoms with E-state index in [4.69, 9.17) is 10.3 Å². The molecule has 8 heteroatoms. The summed E-state index contributed by atoms with van der Waals surface area (Å²) in [6, 6.07) is 1.33. The summed E-state index contributed by atoms with van der Waals surface area (Å²) in [6.07, 6.45) is 1.27. The Morgan fingerprint density at radius 1 is 1.62 bits per heavy atom. The molecule has 0 aliphatic rings. The van der Waals surface area contributed by atoms with Crippen molar-refractivity contribution in [3.05, 3.63) is 18.0 Å². The number of nitrogens with zero attached hydrogens (tertiary/aromatic N) is 3. The summed E-state index contributed by atoms with van der Waals surface area (Å²) in [5, 5.41) is 8.80.